The number of benzene rings is 2. The minimum atomic E-state index is -3.63. The van der Waals surface area contributed by atoms with E-state index >= 15 is 0 Å². The van der Waals surface area contributed by atoms with Gasteiger partial charge >= 0.3 is 0 Å². The molecule has 0 saturated carbocycles. The first-order chi connectivity index (χ1) is 11.4. The average molecular weight is 427 g/mol. The number of sulfonamides is 1. The molecule has 1 heterocycles. The topological polar surface area (TPSA) is 64.0 Å². The van der Waals surface area contributed by atoms with Crippen molar-refractivity contribution in [3.8, 4) is 0 Å². The van der Waals surface area contributed by atoms with Gasteiger partial charge < -0.3 is 0 Å². The second-order valence-electron chi connectivity index (χ2n) is 5.12. The van der Waals surface area contributed by atoms with Crippen LogP contribution in [0.1, 0.15) is 5.56 Å². The molecule has 0 spiro atoms. The lowest BCUT2D eigenvalue weighted by atomic mass is 10.2. The molecular formula is C16H13BrClN3O2S. The molecule has 1 aromatic heterocycles. The predicted molar refractivity (Wildman–Crippen MR) is 97.7 cm³/mol. The molecule has 0 bridgehead atoms. The molecule has 0 radical (unpaired) electrons. The highest BCUT2D eigenvalue weighted by Crippen LogP contribution is 2.20. The van der Waals surface area contributed by atoms with Crippen molar-refractivity contribution in [2.75, 3.05) is 4.72 Å². The monoisotopic (exact) mass is 425 g/mol. The number of halogens is 2. The van der Waals surface area contributed by atoms with Crippen molar-refractivity contribution >= 4 is 43.2 Å². The molecule has 2 aromatic carbocycles. The molecule has 8 heteroatoms. The molecule has 0 aliphatic heterocycles. The summed E-state index contributed by atoms with van der Waals surface area (Å²) in [5.74, 6) is 0. The quantitative estimate of drug-likeness (QED) is 0.666. The van der Waals surface area contributed by atoms with Gasteiger partial charge in [-0.3, -0.25) is 9.40 Å². The third-order valence-electron chi connectivity index (χ3n) is 3.25. The summed E-state index contributed by atoms with van der Waals surface area (Å²) < 4.78 is 29.9. The summed E-state index contributed by atoms with van der Waals surface area (Å²) in [5.41, 5.74) is 1.40. The van der Waals surface area contributed by atoms with E-state index in [0.29, 0.717) is 17.3 Å². The summed E-state index contributed by atoms with van der Waals surface area (Å²) >= 11 is 9.13. The van der Waals surface area contributed by atoms with E-state index in [2.05, 4.69) is 25.8 Å². The fraction of sp³-hybridized carbons (Fsp3) is 0.0625. The van der Waals surface area contributed by atoms with Crippen molar-refractivity contribution in [1.82, 2.24) is 9.78 Å². The summed E-state index contributed by atoms with van der Waals surface area (Å²) in [6, 6.07) is 13.6. The van der Waals surface area contributed by atoms with Gasteiger partial charge in [-0.25, -0.2) is 8.42 Å². The van der Waals surface area contributed by atoms with Crippen molar-refractivity contribution in [3.05, 3.63) is 76.0 Å². The molecule has 0 saturated heterocycles. The second-order valence-corrected chi connectivity index (χ2v) is 8.15. The molecule has 0 aliphatic carbocycles. The van der Waals surface area contributed by atoms with E-state index in [4.69, 9.17) is 11.6 Å². The fourth-order valence-corrected chi connectivity index (χ4v) is 3.64. The van der Waals surface area contributed by atoms with E-state index in [1.54, 1.807) is 59.5 Å². The summed E-state index contributed by atoms with van der Waals surface area (Å²) in [5, 5.41) is 4.67. The van der Waals surface area contributed by atoms with E-state index < -0.39 is 10.0 Å². The summed E-state index contributed by atoms with van der Waals surface area (Å²) in [6.07, 6.45) is 3.27. The Morgan fingerprint density at radius 3 is 2.58 bits per heavy atom. The van der Waals surface area contributed by atoms with Crippen LogP contribution in [0.5, 0.6) is 0 Å². The van der Waals surface area contributed by atoms with Crippen LogP contribution < -0.4 is 4.72 Å². The molecule has 5 nitrogen and oxygen atoms in total. The first kappa shape index (κ1) is 17.0. The molecular weight excluding hydrogens is 414 g/mol. The van der Waals surface area contributed by atoms with E-state index in [1.165, 1.54) is 0 Å². The summed E-state index contributed by atoms with van der Waals surface area (Å²) in [6.45, 7) is 0.501. The molecule has 0 atom stereocenters. The Hall–Kier alpha value is -1.83. The maximum absolute atomic E-state index is 12.4. The van der Waals surface area contributed by atoms with Crippen LogP contribution in [0.2, 0.25) is 5.02 Å². The number of hydrogen-bond acceptors (Lipinski definition) is 3. The Kier molecular flexibility index (Phi) is 4.93. The zero-order valence-electron chi connectivity index (χ0n) is 12.4. The van der Waals surface area contributed by atoms with Crippen molar-refractivity contribution in [2.24, 2.45) is 0 Å². The normalized spacial score (nSPS) is 11.4. The Bertz CT molecular complexity index is 955. The molecule has 0 unspecified atom stereocenters. The van der Waals surface area contributed by atoms with E-state index in [1.807, 2.05) is 6.07 Å². The minimum Gasteiger partial charge on any atom is -0.280 e. The van der Waals surface area contributed by atoms with Gasteiger partial charge in [0.05, 0.1) is 22.7 Å². The predicted octanol–water partition coefficient (Wildman–Crippen LogP) is 4.15. The maximum Gasteiger partial charge on any atom is 0.261 e. The number of aromatic nitrogens is 2. The Balaban J connectivity index is 1.80. The van der Waals surface area contributed by atoms with Gasteiger partial charge in [0.15, 0.2) is 0 Å². The van der Waals surface area contributed by atoms with Crippen LogP contribution in [-0.4, -0.2) is 18.2 Å². The first-order valence-corrected chi connectivity index (χ1v) is 9.63. The van der Waals surface area contributed by atoms with Gasteiger partial charge in [-0.2, -0.15) is 5.10 Å². The third kappa shape index (κ3) is 4.17. The van der Waals surface area contributed by atoms with Gasteiger partial charge in [-0.05, 0) is 42.0 Å². The SMILES string of the molecule is O=S(=O)(Nc1cccc(Cn2cc(Cl)cn2)c1)c1ccc(Br)cc1. The van der Waals surface area contributed by atoms with Crippen LogP contribution in [0.3, 0.4) is 0 Å². The fourth-order valence-electron chi connectivity index (χ4n) is 2.17. The van der Waals surface area contributed by atoms with Gasteiger partial charge in [0.25, 0.3) is 10.0 Å². The molecule has 24 heavy (non-hydrogen) atoms. The van der Waals surface area contributed by atoms with E-state index in [0.717, 1.165) is 10.0 Å². The highest BCUT2D eigenvalue weighted by Gasteiger charge is 2.14. The Morgan fingerprint density at radius 1 is 1.17 bits per heavy atom. The first-order valence-electron chi connectivity index (χ1n) is 6.98. The van der Waals surface area contributed by atoms with Crippen molar-refractivity contribution < 1.29 is 8.42 Å². The highest BCUT2D eigenvalue weighted by molar-refractivity contribution is 9.10. The largest absolute Gasteiger partial charge is 0.280 e. The molecule has 3 aromatic rings. The Labute approximate surface area is 153 Å². The molecule has 1 N–H and O–H groups in total. The van der Waals surface area contributed by atoms with Crippen LogP contribution in [0.4, 0.5) is 5.69 Å². The molecule has 0 amide bonds. The summed E-state index contributed by atoms with van der Waals surface area (Å²) in [7, 11) is -3.63. The van der Waals surface area contributed by atoms with Crippen molar-refractivity contribution in [1.29, 1.82) is 0 Å². The van der Waals surface area contributed by atoms with Gasteiger partial charge in [0.2, 0.25) is 0 Å². The van der Waals surface area contributed by atoms with Crippen LogP contribution >= 0.6 is 27.5 Å². The zero-order valence-corrected chi connectivity index (χ0v) is 15.5. The lowest BCUT2D eigenvalue weighted by Crippen LogP contribution is -2.13. The standard InChI is InChI=1S/C16H13BrClN3O2S/c17-13-4-6-16(7-5-13)24(22,23)20-15-3-1-2-12(8-15)10-21-11-14(18)9-19-21/h1-9,11,20H,10H2. The van der Waals surface area contributed by atoms with Crippen molar-refractivity contribution in [3.63, 3.8) is 0 Å². The van der Waals surface area contributed by atoms with Crippen LogP contribution in [0, 0.1) is 0 Å². The number of nitrogens with one attached hydrogen (secondary N) is 1. The lowest BCUT2D eigenvalue weighted by molar-refractivity contribution is 0.601. The smallest absolute Gasteiger partial charge is 0.261 e. The number of rotatable bonds is 5. The molecule has 0 fully saturated rings. The van der Waals surface area contributed by atoms with Crippen LogP contribution in [0.15, 0.2) is 70.3 Å². The van der Waals surface area contributed by atoms with Gasteiger partial charge in [0, 0.05) is 16.4 Å². The summed E-state index contributed by atoms with van der Waals surface area (Å²) in [4.78, 5) is 0.204. The van der Waals surface area contributed by atoms with E-state index in [-0.39, 0.29) is 4.90 Å². The molecule has 3 rings (SSSR count). The second kappa shape index (κ2) is 6.96. The molecule has 0 aliphatic rings. The molecule has 124 valence electrons. The van der Waals surface area contributed by atoms with Gasteiger partial charge in [-0.1, -0.05) is 39.7 Å². The van der Waals surface area contributed by atoms with Crippen LogP contribution in [-0.2, 0) is 16.6 Å². The highest BCUT2D eigenvalue weighted by atomic mass is 79.9. The maximum atomic E-state index is 12.4. The Morgan fingerprint density at radius 2 is 1.92 bits per heavy atom. The third-order valence-corrected chi connectivity index (χ3v) is 5.37. The van der Waals surface area contributed by atoms with E-state index in [9.17, 15) is 8.42 Å². The average Bonchev–Trinajstić information content (AvgIpc) is 2.92. The van der Waals surface area contributed by atoms with Gasteiger partial charge in [0.1, 0.15) is 0 Å². The minimum absolute atomic E-state index is 0.204. The van der Waals surface area contributed by atoms with Crippen molar-refractivity contribution in [2.45, 2.75) is 11.4 Å². The number of anilines is 1. The lowest BCUT2D eigenvalue weighted by Gasteiger charge is -2.10. The number of nitrogens with zero attached hydrogens (tertiary/aromatic N) is 2. The number of hydrogen-bond donors (Lipinski definition) is 1. The van der Waals surface area contributed by atoms with Gasteiger partial charge in [-0.15, -0.1) is 0 Å². The van der Waals surface area contributed by atoms with Crippen LogP contribution in [0.25, 0.3) is 0 Å². The zero-order chi connectivity index (χ0) is 17.2.